The average molecular weight is 487 g/mol. The number of esters is 1. The summed E-state index contributed by atoms with van der Waals surface area (Å²) in [4.78, 5) is 51.7. The summed E-state index contributed by atoms with van der Waals surface area (Å²) in [6, 6.07) is 9.82. The van der Waals surface area contributed by atoms with E-state index in [-0.39, 0.29) is 22.3 Å². The van der Waals surface area contributed by atoms with E-state index in [4.69, 9.17) is 4.74 Å². The van der Waals surface area contributed by atoms with Crippen molar-refractivity contribution in [2.45, 2.75) is 33.3 Å². The van der Waals surface area contributed by atoms with Gasteiger partial charge in [-0.2, -0.15) is 0 Å². The topological polar surface area (TPSA) is 127 Å². The number of fused-ring (bicyclic) bond motifs is 1. The van der Waals surface area contributed by atoms with E-state index in [9.17, 15) is 27.6 Å². The summed E-state index contributed by atoms with van der Waals surface area (Å²) in [6.07, 6.45) is 0.555. The van der Waals surface area contributed by atoms with E-state index >= 15 is 0 Å². The fourth-order valence-corrected chi connectivity index (χ4v) is 4.01. The Morgan fingerprint density at radius 2 is 1.53 bits per heavy atom. The van der Waals surface area contributed by atoms with E-state index < -0.39 is 39.7 Å². The lowest BCUT2D eigenvalue weighted by atomic mass is 10.1. The third kappa shape index (κ3) is 5.69. The monoisotopic (exact) mass is 486 g/mol. The number of imide groups is 1. The molecule has 0 aromatic heterocycles. The molecule has 10 heteroatoms. The second-order valence-corrected chi connectivity index (χ2v) is 10.3. The molecule has 1 unspecified atom stereocenters. The molecule has 1 atom stereocenters. The highest BCUT2D eigenvalue weighted by Gasteiger charge is 2.36. The molecule has 3 rings (SSSR count). The Morgan fingerprint density at radius 1 is 0.941 bits per heavy atom. The number of sulfonamides is 1. The van der Waals surface area contributed by atoms with Gasteiger partial charge in [-0.3, -0.25) is 24.0 Å². The van der Waals surface area contributed by atoms with Crippen LogP contribution in [0, 0.1) is 5.92 Å². The van der Waals surface area contributed by atoms with E-state index in [1.807, 2.05) is 13.8 Å². The first-order valence-corrected chi connectivity index (χ1v) is 12.6. The minimum atomic E-state index is -3.45. The number of amides is 2. The van der Waals surface area contributed by atoms with Gasteiger partial charge in [0.05, 0.1) is 22.9 Å². The lowest BCUT2D eigenvalue weighted by Gasteiger charge is -2.14. The van der Waals surface area contributed by atoms with E-state index in [1.54, 1.807) is 0 Å². The second-order valence-electron chi connectivity index (χ2n) is 8.57. The molecule has 2 aromatic carbocycles. The maximum Gasteiger partial charge on any atom is 0.338 e. The van der Waals surface area contributed by atoms with Crippen molar-refractivity contribution in [2.24, 2.45) is 5.92 Å². The van der Waals surface area contributed by atoms with Crippen LogP contribution in [-0.2, 0) is 14.8 Å². The van der Waals surface area contributed by atoms with E-state index in [0.717, 1.165) is 6.26 Å². The SMILES string of the molecule is CC(C)CCN1C(=O)c2ccc(C(=O)OC(C)C(=O)c3ccc(NS(C)(=O)=O)cc3)cc2C1=O. The van der Waals surface area contributed by atoms with Crippen molar-refractivity contribution in [1.82, 2.24) is 4.90 Å². The highest BCUT2D eigenvalue weighted by Crippen LogP contribution is 2.25. The Labute approximate surface area is 198 Å². The molecule has 2 aromatic rings. The highest BCUT2D eigenvalue weighted by molar-refractivity contribution is 7.92. The highest BCUT2D eigenvalue weighted by atomic mass is 32.2. The van der Waals surface area contributed by atoms with Crippen LogP contribution in [0.25, 0.3) is 0 Å². The first-order valence-electron chi connectivity index (χ1n) is 10.7. The third-order valence-corrected chi connectivity index (χ3v) is 5.87. The standard InChI is InChI=1S/C24H26N2O7S/c1-14(2)11-12-26-22(28)19-10-7-17(13-20(19)23(26)29)24(30)33-15(3)21(27)16-5-8-18(9-6-16)25-34(4,31)32/h5-10,13-15,25H,11-12H2,1-4H3. The van der Waals surface area contributed by atoms with E-state index in [1.165, 1.54) is 54.3 Å². The minimum Gasteiger partial charge on any atom is -0.451 e. The molecule has 0 saturated heterocycles. The van der Waals surface area contributed by atoms with E-state index in [2.05, 4.69) is 4.72 Å². The second kappa shape index (κ2) is 9.76. The van der Waals surface area contributed by atoms with Gasteiger partial charge in [0.2, 0.25) is 15.8 Å². The van der Waals surface area contributed by atoms with Crippen LogP contribution >= 0.6 is 0 Å². The maximum atomic E-state index is 12.7. The van der Waals surface area contributed by atoms with Crippen LogP contribution in [0.5, 0.6) is 0 Å². The Morgan fingerprint density at radius 3 is 2.12 bits per heavy atom. The van der Waals surface area contributed by atoms with Gasteiger partial charge in [0.25, 0.3) is 11.8 Å². The summed E-state index contributed by atoms with van der Waals surface area (Å²) >= 11 is 0. The van der Waals surface area contributed by atoms with Gasteiger partial charge in [-0.1, -0.05) is 13.8 Å². The summed E-state index contributed by atoms with van der Waals surface area (Å²) < 4.78 is 30.2. The molecule has 1 N–H and O–H groups in total. The number of anilines is 1. The lowest BCUT2D eigenvalue weighted by molar-refractivity contribution is 0.0318. The molecule has 2 amide bonds. The average Bonchev–Trinajstić information content (AvgIpc) is 3.00. The summed E-state index contributed by atoms with van der Waals surface area (Å²) in [6.45, 7) is 5.71. The van der Waals surface area contributed by atoms with Crippen molar-refractivity contribution < 1.29 is 32.3 Å². The zero-order valence-corrected chi connectivity index (χ0v) is 20.1. The van der Waals surface area contributed by atoms with Gasteiger partial charge >= 0.3 is 5.97 Å². The summed E-state index contributed by atoms with van der Waals surface area (Å²) in [5.74, 6) is -1.81. The first-order chi connectivity index (χ1) is 15.9. The van der Waals surface area contributed by atoms with Crippen LogP contribution < -0.4 is 4.72 Å². The zero-order valence-electron chi connectivity index (χ0n) is 19.3. The van der Waals surface area contributed by atoms with Crippen molar-refractivity contribution in [2.75, 3.05) is 17.5 Å². The van der Waals surface area contributed by atoms with Gasteiger partial charge in [0.1, 0.15) is 0 Å². The summed E-state index contributed by atoms with van der Waals surface area (Å²) in [7, 11) is -3.45. The molecule has 0 aliphatic carbocycles. The number of Topliss-reactive ketones (excluding diaryl/α,β-unsaturated/α-hetero) is 1. The number of carbonyl (C=O) groups excluding carboxylic acids is 4. The predicted octanol–water partition coefficient (Wildman–Crippen LogP) is 3.13. The van der Waals surface area contributed by atoms with Crippen LogP contribution in [0.1, 0.15) is 68.6 Å². The van der Waals surface area contributed by atoms with Crippen LogP contribution in [-0.4, -0.2) is 55.8 Å². The summed E-state index contributed by atoms with van der Waals surface area (Å²) in [5, 5.41) is 0. The zero-order chi connectivity index (χ0) is 25.2. The fraction of sp³-hybridized carbons (Fsp3) is 0.333. The number of benzene rings is 2. The number of nitrogens with zero attached hydrogens (tertiary/aromatic N) is 1. The molecular formula is C24H26N2O7S. The Hall–Kier alpha value is -3.53. The largest absolute Gasteiger partial charge is 0.451 e. The smallest absolute Gasteiger partial charge is 0.338 e. The van der Waals surface area contributed by atoms with Crippen molar-refractivity contribution >= 4 is 39.3 Å². The Balaban J connectivity index is 1.69. The maximum absolute atomic E-state index is 12.7. The van der Waals surface area contributed by atoms with Crippen molar-refractivity contribution in [1.29, 1.82) is 0 Å². The molecule has 0 radical (unpaired) electrons. The van der Waals surface area contributed by atoms with Gasteiger partial charge in [0.15, 0.2) is 6.10 Å². The molecule has 0 bridgehead atoms. The molecule has 9 nitrogen and oxygen atoms in total. The van der Waals surface area contributed by atoms with Crippen molar-refractivity contribution in [3.63, 3.8) is 0 Å². The lowest BCUT2D eigenvalue weighted by Crippen LogP contribution is -2.31. The summed E-state index contributed by atoms with van der Waals surface area (Å²) in [5.41, 5.74) is 0.949. The third-order valence-electron chi connectivity index (χ3n) is 5.26. The minimum absolute atomic E-state index is 0.0537. The number of ketones is 1. The molecule has 0 saturated carbocycles. The Kier molecular flexibility index (Phi) is 7.21. The molecule has 1 heterocycles. The predicted molar refractivity (Wildman–Crippen MR) is 125 cm³/mol. The quantitative estimate of drug-likeness (QED) is 0.328. The first kappa shape index (κ1) is 25.1. The van der Waals surface area contributed by atoms with E-state index in [0.29, 0.717) is 24.6 Å². The van der Waals surface area contributed by atoms with Crippen LogP contribution in [0.15, 0.2) is 42.5 Å². The van der Waals surface area contributed by atoms with Crippen LogP contribution in [0.2, 0.25) is 0 Å². The fourth-order valence-electron chi connectivity index (χ4n) is 3.44. The van der Waals surface area contributed by atoms with Gasteiger partial charge < -0.3 is 4.74 Å². The van der Waals surface area contributed by atoms with Gasteiger partial charge in [-0.15, -0.1) is 0 Å². The Bertz CT molecular complexity index is 1250. The number of hydrogen-bond donors (Lipinski definition) is 1. The molecule has 0 fully saturated rings. The van der Waals surface area contributed by atoms with Crippen molar-refractivity contribution in [3.8, 4) is 0 Å². The molecule has 34 heavy (non-hydrogen) atoms. The van der Waals surface area contributed by atoms with Crippen LogP contribution in [0.4, 0.5) is 5.69 Å². The van der Waals surface area contributed by atoms with Gasteiger partial charge in [0, 0.05) is 17.8 Å². The number of hydrogen-bond acceptors (Lipinski definition) is 7. The normalized spacial score (nSPS) is 14.2. The molecule has 0 spiro atoms. The molecule has 1 aliphatic rings. The number of rotatable bonds is 9. The molecule has 180 valence electrons. The molecule has 1 aliphatic heterocycles. The van der Waals surface area contributed by atoms with Gasteiger partial charge in [-0.05, 0) is 61.7 Å². The number of carbonyl (C=O) groups is 4. The van der Waals surface area contributed by atoms with Gasteiger partial charge in [-0.25, -0.2) is 13.2 Å². The van der Waals surface area contributed by atoms with Crippen molar-refractivity contribution in [3.05, 3.63) is 64.7 Å². The molecular weight excluding hydrogens is 460 g/mol. The number of ether oxygens (including phenoxy) is 1. The number of nitrogens with one attached hydrogen (secondary N) is 1. The van der Waals surface area contributed by atoms with Crippen LogP contribution in [0.3, 0.4) is 0 Å².